The summed E-state index contributed by atoms with van der Waals surface area (Å²) in [4.78, 5) is 12.3. The van der Waals surface area contributed by atoms with Gasteiger partial charge in [0.1, 0.15) is 0 Å². The van der Waals surface area contributed by atoms with Crippen LogP contribution in [0.15, 0.2) is 6.20 Å². The van der Waals surface area contributed by atoms with Crippen LogP contribution in [0.4, 0.5) is 0 Å². The average molecular weight is 328 g/mol. The quantitative estimate of drug-likeness (QED) is 0.864. The number of nitrogens with one attached hydrogen (secondary N) is 2. The van der Waals surface area contributed by atoms with Crippen LogP contribution in [0.3, 0.4) is 0 Å². The summed E-state index contributed by atoms with van der Waals surface area (Å²) in [5.41, 5.74) is 0.435. The van der Waals surface area contributed by atoms with Gasteiger partial charge >= 0.3 is 0 Å². The number of carbonyl (C=O) groups excluding carboxylic acids is 1. The summed E-state index contributed by atoms with van der Waals surface area (Å²) >= 11 is 0. The average Bonchev–Trinajstić information content (AvgIpc) is 3.03. The van der Waals surface area contributed by atoms with E-state index >= 15 is 0 Å². The SMILES string of the molecule is CC(C)CCn1cc(C(=O)NC2CC3CCC(C2)N3)nn1.Cl. The van der Waals surface area contributed by atoms with Gasteiger partial charge in [0, 0.05) is 24.7 Å². The molecule has 0 radical (unpaired) electrons. The largest absolute Gasteiger partial charge is 0.348 e. The number of halogens is 1. The van der Waals surface area contributed by atoms with E-state index in [0.29, 0.717) is 23.7 Å². The first-order chi connectivity index (χ1) is 10.1. The molecule has 2 N–H and O–H groups in total. The summed E-state index contributed by atoms with van der Waals surface area (Å²) in [6.07, 6.45) is 7.34. The Morgan fingerprint density at radius 2 is 2.09 bits per heavy atom. The molecule has 3 heterocycles. The van der Waals surface area contributed by atoms with Gasteiger partial charge in [0.05, 0.1) is 6.20 Å². The highest BCUT2D eigenvalue weighted by molar-refractivity contribution is 5.92. The molecule has 1 amide bonds. The molecule has 3 rings (SSSR count). The number of nitrogens with zero attached hydrogens (tertiary/aromatic N) is 3. The van der Waals surface area contributed by atoms with Crippen molar-refractivity contribution in [2.45, 2.75) is 70.6 Å². The fourth-order valence-corrected chi connectivity index (χ4v) is 3.34. The second-order valence-corrected chi connectivity index (χ2v) is 6.83. The number of amides is 1. The minimum Gasteiger partial charge on any atom is -0.348 e. The third-order valence-electron chi connectivity index (χ3n) is 4.52. The fraction of sp³-hybridized carbons (Fsp3) is 0.800. The van der Waals surface area contributed by atoms with Crippen molar-refractivity contribution in [1.82, 2.24) is 25.6 Å². The predicted molar refractivity (Wildman–Crippen MR) is 87.2 cm³/mol. The van der Waals surface area contributed by atoms with Crippen LogP contribution in [-0.2, 0) is 6.54 Å². The number of piperidine rings is 1. The summed E-state index contributed by atoms with van der Waals surface area (Å²) in [5, 5.41) is 14.7. The van der Waals surface area contributed by atoms with E-state index in [0.717, 1.165) is 25.8 Å². The Morgan fingerprint density at radius 1 is 1.41 bits per heavy atom. The first-order valence-corrected chi connectivity index (χ1v) is 8.07. The highest BCUT2D eigenvalue weighted by atomic mass is 35.5. The van der Waals surface area contributed by atoms with Crippen LogP contribution in [0.2, 0.25) is 0 Å². The number of aromatic nitrogens is 3. The molecule has 2 saturated heterocycles. The van der Waals surface area contributed by atoms with Gasteiger partial charge in [-0.25, -0.2) is 0 Å². The zero-order valence-corrected chi connectivity index (χ0v) is 14.1. The highest BCUT2D eigenvalue weighted by Gasteiger charge is 2.34. The van der Waals surface area contributed by atoms with Gasteiger partial charge in [-0.2, -0.15) is 0 Å². The number of rotatable bonds is 5. The summed E-state index contributed by atoms with van der Waals surface area (Å²) in [7, 11) is 0. The molecule has 0 aromatic carbocycles. The number of hydrogen-bond donors (Lipinski definition) is 2. The van der Waals surface area contributed by atoms with E-state index in [9.17, 15) is 4.79 Å². The highest BCUT2D eigenvalue weighted by Crippen LogP contribution is 2.26. The topological polar surface area (TPSA) is 71.8 Å². The Hall–Kier alpha value is -1.14. The maximum Gasteiger partial charge on any atom is 0.273 e. The van der Waals surface area contributed by atoms with Crippen LogP contribution in [0.1, 0.15) is 56.4 Å². The van der Waals surface area contributed by atoms with Crippen LogP contribution in [-0.4, -0.2) is 39.0 Å². The molecular formula is C15H26ClN5O. The number of carbonyl (C=O) groups is 1. The van der Waals surface area contributed by atoms with Gasteiger partial charge < -0.3 is 10.6 Å². The molecule has 2 bridgehead atoms. The van der Waals surface area contributed by atoms with E-state index in [4.69, 9.17) is 0 Å². The maximum atomic E-state index is 12.3. The Morgan fingerprint density at radius 3 is 2.73 bits per heavy atom. The number of hydrogen-bond acceptors (Lipinski definition) is 4. The molecule has 2 unspecified atom stereocenters. The van der Waals surface area contributed by atoms with Crippen LogP contribution in [0.25, 0.3) is 0 Å². The molecule has 7 heteroatoms. The molecule has 124 valence electrons. The van der Waals surface area contributed by atoms with Crippen LogP contribution >= 0.6 is 12.4 Å². The van der Waals surface area contributed by atoms with Gasteiger partial charge in [-0.1, -0.05) is 19.1 Å². The Kier molecular flexibility index (Phi) is 5.81. The van der Waals surface area contributed by atoms with Gasteiger partial charge in [-0.05, 0) is 38.0 Å². The molecule has 2 fully saturated rings. The third-order valence-corrected chi connectivity index (χ3v) is 4.52. The first-order valence-electron chi connectivity index (χ1n) is 8.07. The van der Waals surface area contributed by atoms with Gasteiger partial charge in [0.15, 0.2) is 5.69 Å². The second-order valence-electron chi connectivity index (χ2n) is 6.83. The molecule has 2 aliphatic rings. The van der Waals surface area contributed by atoms with Crippen LogP contribution in [0.5, 0.6) is 0 Å². The van der Waals surface area contributed by atoms with Crippen molar-refractivity contribution in [3.63, 3.8) is 0 Å². The van der Waals surface area contributed by atoms with Gasteiger partial charge in [0.2, 0.25) is 0 Å². The van der Waals surface area contributed by atoms with E-state index < -0.39 is 0 Å². The van der Waals surface area contributed by atoms with Crippen molar-refractivity contribution in [3.05, 3.63) is 11.9 Å². The monoisotopic (exact) mass is 327 g/mol. The molecule has 22 heavy (non-hydrogen) atoms. The molecule has 0 saturated carbocycles. The van der Waals surface area contributed by atoms with Crippen LogP contribution in [0, 0.1) is 5.92 Å². The summed E-state index contributed by atoms with van der Waals surface area (Å²) in [6.45, 7) is 5.17. The molecule has 0 aliphatic carbocycles. The van der Waals surface area contributed by atoms with E-state index in [1.807, 2.05) is 0 Å². The molecular weight excluding hydrogens is 302 g/mol. The summed E-state index contributed by atoms with van der Waals surface area (Å²) in [6, 6.07) is 1.43. The van der Waals surface area contributed by atoms with E-state index in [1.54, 1.807) is 10.9 Å². The minimum absolute atomic E-state index is 0. The van der Waals surface area contributed by atoms with Crippen molar-refractivity contribution in [3.8, 4) is 0 Å². The van der Waals surface area contributed by atoms with Gasteiger partial charge in [-0.3, -0.25) is 9.48 Å². The lowest BCUT2D eigenvalue weighted by atomic mass is 10.00. The lowest BCUT2D eigenvalue weighted by Gasteiger charge is -2.29. The van der Waals surface area contributed by atoms with Crippen LogP contribution < -0.4 is 10.6 Å². The van der Waals surface area contributed by atoms with Gasteiger partial charge in [0.25, 0.3) is 5.91 Å². The standard InChI is InChI=1S/C15H25N5O.ClH/c1-10(2)5-6-20-9-14(18-19-20)15(21)17-13-7-11-3-4-12(8-13)16-11;/h9-13,16H,3-8H2,1-2H3,(H,17,21);1H. The lowest BCUT2D eigenvalue weighted by Crippen LogP contribution is -2.48. The smallest absolute Gasteiger partial charge is 0.273 e. The minimum atomic E-state index is -0.0860. The van der Waals surface area contributed by atoms with E-state index in [2.05, 4.69) is 34.8 Å². The molecule has 0 spiro atoms. The van der Waals surface area contributed by atoms with E-state index in [-0.39, 0.29) is 24.4 Å². The van der Waals surface area contributed by atoms with Crippen molar-refractivity contribution in [1.29, 1.82) is 0 Å². The molecule has 2 aliphatic heterocycles. The van der Waals surface area contributed by atoms with Crippen molar-refractivity contribution in [2.75, 3.05) is 0 Å². The zero-order valence-electron chi connectivity index (χ0n) is 13.3. The normalized spacial score (nSPS) is 26.8. The van der Waals surface area contributed by atoms with Crippen molar-refractivity contribution >= 4 is 18.3 Å². The lowest BCUT2D eigenvalue weighted by molar-refractivity contribution is 0.0919. The second kappa shape index (κ2) is 7.42. The molecule has 1 aromatic heterocycles. The number of fused-ring (bicyclic) bond motifs is 2. The van der Waals surface area contributed by atoms with Crippen molar-refractivity contribution in [2.24, 2.45) is 5.92 Å². The predicted octanol–water partition coefficient (Wildman–Crippen LogP) is 1.76. The number of aryl methyl sites for hydroxylation is 1. The molecule has 1 aromatic rings. The Labute approximate surface area is 137 Å². The Bertz CT molecular complexity index is 492. The van der Waals surface area contributed by atoms with Crippen molar-refractivity contribution < 1.29 is 4.79 Å². The Balaban J connectivity index is 0.00000176. The maximum absolute atomic E-state index is 12.3. The zero-order chi connectivity index (χ0) is 14.8. The summed E-state index contributed by atoms with van der Waals surface area (Å²) in [5.74, 6) is 0.536. The molecule has 6 nitrogen and oxygen atoms in total. The van der Waals surface area contributed by atoms with E-state index in [1.165, 1.54) is 12.8 Å². The van der Waals surface area contributed by atoms with Gasteiger partial charge in [-0.15, -0.1) is 17.5 Å². The first kappa shape index (κ1) is 17.2. The molecule has 2 atom stereocenters. The third kappa shape index (κ3) is 4.20. The summed E-state index contributed by atoms with van der Waals surface area (Å²) < 4.78 is 1.76. The fourth-order valence-electron chi connectivity index (χ4n) is 3.34.